The summed E-state index contributed by atoms with van der Waals surface area (Å²) < 4.78 is 0.884. The molecule has 118 valence electrons. The Labute approximate surface area is 136 Å². The van der Waals surface area contributed by atoms with Crippen molar-refractivity contribution < 1.29 is 9.59 Å². The maximum Gasteiger partial charge on any atom is 0.117 e. The van der Waals surface area contributed by atoms with Crippen molar-refractivity contribution in [1.29, 1.82) is 0 Å². The first-order valence-corrected chi connectivity index (χ1v) is 8.26. The van der Waals surface area contributed by atoms with Crippen LogP contribution in [0.4, 0.5) is 0 Å². The Kier molecular flexibility index (Phi) is 3.47. The highest BCUT2D eigenvalue weighted by atomic mass is 16.3. The van der Waals surface area contributed by atoms with Crippen LogP contribution in [0.1, 0.15) is 16.7 Å². The predicted molar refractivity (Wildman–Crippen MR) is 92.9 cm³/mol. The molecule has 1 aromatic heterocycles. The van der Waals surface area contributed by atoms with Crippen molar-refractivity contribution in [1.82, 2.24) is 4.98 Å². The number of para-hydroxylation sites is 1. The van der Waals surface area contributed by atoms with Gasteiger partial charge in [-0.25, -0.2) is 0 Å². The van der Waals surface area contributed by atoms with E-state index in [2.05, 4.69) is 66.8 Å². The molecular formula is C20H23N2O+. The second-order valence-electron chi connectivity index (χ2n) is 6.96. The van der Waals surface area contributed by atoms with E-state index in [0.717, 1.165) is 24.0 Å². The third kappa shape index (κ3) is 2.46. The quantitative estimate of drug-likeness (QED) is 0.713. The molecule has 0 saturated carbocycles. The summed E-state index contributed by atoms with van der Waals surface area (Å²) in [7, 11) is 2.27. The normalized spacial score (nSPS) is 17.3. The summed E-state index contributed by atoms with van der Waals surface area (Å²) in [6.45, 7) is 2.22. The van der Waals surface area contributed by atoms with Gasteiger partial charge in [0.05, 0.1) is 13.7 Å². The van der Waals surface area contributed by atoms with Gasteiger partial charge in [0, 0.05) is 34.6 Å². The van der Waals surface area contributed by atoms with Gasteiger partial charge in [-0.15, -0.1) is 0 Å². The molecule has 3 heteroatoms. The van der Waals surface area contributed by atoms with E-state index in [1.807, 2.05) is 0 Å². The third-order valence-electron chi connectivity index (χ3n) is 5.40. The number of aromatic nitrogens is 1. The van der Waals surface area contributed by atoms with Crippen LogP contribution in [0.15, 0.2) is 54.7 Å². The van der Waals surface area contributed by atoms with Gasteiger partial charge >= 0.3 is 0 Å². The van der Waals surface area contributed by atoms with Gasteiger partial charge in [-0.2, -0.15) is 0 Å². The molecule has 0 unspecified atom stereocenters. The van der Waals surface area contributed by atoms with E-state index in [0.29, 0.717) is 0 Å². The van der Waals surface area contributed by atoms with Crippen molar-refractivity contribution in [2.75, 3.05) is 13.7 Å². The largest absolute Gasteiger partial charge is 0.390 e. The van der Waals surface area contributed by atoms with Crippen molar-refractivity contribution in [2.45, 2.75) is 25.6 Å². The number of fused-ring (bicyclic) bond motifs is 2. The molecule has 0 fully saturated rings. The average Bonchev–Trinajstić information content (AvgIpc) is 3.13. The Bertz CT molecular complexity index is 811. The van der Waals surface area contributed by atoms with Crippen molar-refractivity contribution in [3.8, 4) is 0 Å². The number of aliphatic hydroxyl groups excluding tert-OH is 1. The second-order valence-corrected chi connectivity index (χ2v) is 6.96. The lowest BCUT2D eigenvalue weighted by molar-refractivity contribution is -0.952. The minimum absolute atomic E-state index is 0.210. The molecule has 0 saturated heterocycles. The number of aromatic amines is 1. The minimum Gasteiger partial charge on any atom is -0.390 e. The van der Waals surface area contributed by atoms with Crippen molar-refractivity contribution in [3.63, 3.8) is 0 Å². The molecule has 0 amide bonds. The molecule has 3 nitrogen and oxygen atoms in total. The average molecular weight is 307 g/mol. The van der Waals surface area contributed by atoms with Crippen LogP contribution in [0.2, 0.25) is 0 Å². The SMILES string of the molecule is C[N+]1([C@@H](CO)Cc2c[nH]c3ccccc23)Cc2ccccc2C1. The highest BCUT2D eigenvalue weighted by molar-refractivity contribution is 5.83. The maximum atomic E-state index is 10.1. The fourth-order valence-electron chi connectivity index (χ4n) is 3.99. The van der Waals surface area contributed by atoms with E-state index in [1.54, 1.807) is 0 Å². The maximum absolute atomic E-state index is 10.1. The molecule has 4 rings (SSSR count). The Morgan fingerprint density at radius 2 is 1.70 bits per heavy atom. The predicted octanol–water partition coefficient (Wildman–Crippen LogP) is 3.23. The van der Waals surface area contributed by atoms with E-state index in [9.17, 15) is 5.11 Å². The van der Waals surface area contributed by atoms with Gasteiger partial charge < -0.3 is 14.6 Å². The molecule has 23 heavy (non-hydrogen) atoms. The number of nitrogens with zero attached hydrogens (tertiary/aromatic N) is 1. The summed E-state index contributed by atoms with van der Waals surface area (Å²) in [5, 5.41) is 11.3. The molecule has 2 aromatic carbocycles. The second kappa shape index (κ2) is 5.52. The number of quaternary nitrogens is 1. The molecule has 1 aliphatic rings. The van der Waals surface area contributed by atoms with Crippen LogP contribution in [-0.4, -0.2) is 34.3 Å². The van der Waals surface area contributed by atoms with E-state index in [1.165, 1.54) is 27.6 Å². The first kappa shape index (κ1) is 14.5. The van der Waals surface area contributed by atoms with Crippen LogP contribution in [0, 0.1) is 0 Å². The molecule has 0 spiro atoms. The number of hydrogen-bond acceptors (Lipinski definition) is 1. The summed E-state index contributed by atoms with van der Waals surface area (Å²) in [5.41, 5.74) is 5.32. The molecule has 2 N–H and O–H groups in total. The Morgan fingerprint density at radius 1 is 1.04 bits per heavy atom. The third-order valence-corrected chi connectivity index (χ3v) is 5.40. The first-order valence-electron chi connectivity index (χ1n) is 8.26. The number of H-pyrrole nitrogens is 1. The number of rotatable bonds is 4. The molecule has 1 aliphatic heterocycles. The molecule has 0 bridgehead atoms. The van der Waals surface area contributed by atoms with Gasteiger partial charge in [0.2, 0.25) is 0 Å². The van der Waals surface area contributed by atoms with Crippen molar-refractivity contribution in [2.24, 2.45) is 0 Å². The minimum atomic E-state index is 0.210. The van der Waals surface area contributed by atoms with Crippen LogP contribution >= 0.6 is 0 Å². The lowest BCUT2D eigenvalue weighted by Gasteiger charge is -2.37. The van der Waals surface area contributed by atoms with Gasteiger partial charge in [0.1, 0.15) is 19.1 Å². The molecular weight excluding hydrogens is 284 g/mol. The summed E-state index contributed by atoms with van der Waals surface area (Å²) >= 11 is 0. The topological polar surface area (TPSA) is 36.0 Å². The Hall–Kier alpha value is -2.10. The summed E-state index contributed by atoms with van der Waals surface area (Å²) in [5.74, 6) is 0. The van der Waals surface area contributed by atoms with Gasteiger partial charge in [0.15, 0.2) is 0 Å². The van der Waals surface area contributed by atoms with Gasteiger partial charge in [-0.1, -0.05) is 42.5 Å². The van der Waals surface area contributed by atoms with E-state index in [4.69, 9.17) is 0 Å². The van der Waals surface area contributed by atoms with Crippen molar-refractivity contribution >= 4 is 10.9 Å². The molecule has 0 radical (unpaired) electrons. The van der Waals surface area contributed by atoms with Gasteiger partial charge in [0.25, 0.3) is 0 Å². The highest BCUT2D eigenvalue weighted by Gasteiger charge is 2.38. The number of nitrogens with one attached hydrogen (secondary N) is 1. The number of likely N-dealkylation sites (N-methyl/N-ethyl adjacent to an activating group) is 1. The van der Waals surface area contributed by atoms with Crippen LogP contribution in [0.5, 0.6) is 0 Å². The van der Waals surface area contributed by atoms with Crippen LogP contribution < -0.4 is 0 Å². The fraction of sp³-hybridized carbons (Fsp3) is 0.300. The lowest BCUT2D eigenvalue weighted by Crippen LogP contribution is -2.50. The van der Waals surface area contributed by atoms with Crippen LogP contribution in [-0.2, 0) is 19.5 Å². The standard InChI is InChI=1S/C20H23N2O/c1-22(12-15-6-2-3-7-16(15)13-22)18(14-23)10-17-11-21-20-9-5-4-8-19(17)20/h2-9,11,18,21,23H,10,12-14H2,1H3/q+1/t18-/m1/s1. The smallest absolute Gasteiger partial charge is 0.117 e. The zero-order valence-electron chi connectivity index (χ0n) is 13.5. The van der Waals surface area contributed by atoms with Crippen LogP contribution in [0.3, 0.4) is 0 Å². The summed E-state index contributed by atoms with van der Waals surface area (Å²) in [6.07, 6.45) is 2.99. The summed E-state index contributed by atoms with van der Waals surface area (Å²) in [4.78, 5) is 3.35. The van der Waals surface area contributed by atoms with Crippen LogP contribution in [0.25, 0.3) is 10.9 Å². The lowest BCUT2D eigenvalue weighted by atomic mass is 10.0. The highest BCUT2D eigenvalue weighted by Crippen LogP contribution is 2.32. The fourth-order valence-corrected chi connectivity index (χ4v) is 3.99. The molecule has 0 aliphatic carbocycles. The van der Waals surface area contributed by atoms with E-state index < -0.39 is 0 Å². The van der Waals surface area contributed by atoms with Gasteiger partial charge in [-0.3, -0.25) is 0 Å². The Balaban J connectivity index is 1.62. The van der Waals surface area contributed by atoms with E-state index in [-0.39, 0.29) is 12.6 Å². The molecule has 1 atom stereocenters. The zero-order chi connectivity index (χ0) is 15.9. The number of benzene rings is 2. The van der Waals surface area contributed by atoms with E-state index >= 15 is 0 Å². The monoisotopic (exact) mass is 307 g/mol. The first-order chi connectivity index (χ1) is 11.2. The molecule has 3 aromatic rings. The van der Waals surface area contributed by atoms with Crippen molar-refractivity contribution in [3.05, 3.63) is 71.4 Å². The number of aliphatic hydroxyl groups is 1. The zero-order valence-corrected chi connectivity index (χ0v) is 13.5. The molecule has 2 heterocycles. The van der Waals surface area contributed by atoms with Gasteiger partial charge in [-0.05, 0) is 11.6 Å². The number of hydrogen-bond donors (Lipinski definition) is 2. The Morgan fingerprint density at radius 3 is 2.39 bits per heavy atom. The summed E-state index contributed by atoms with van der Waals surface area (Å²) in [6, 6.07) is 17.3.